The third-order valence-corrected chi connectivity index (χ3v) is 4.49. The maximum absolute atomic E-state index is 13.2. The molecule has 3 N–H and O–H groups in total. The van der Waals surface area contributed by atoms with E-state index in [2.05, 4.69) is 10.3 Å². The van der Waals surface area contributed by atoms with E-state index in [0.717, 1.165) is 24.6 Å². The van der Waals surface area contributed by atoms with Crippen LogP contribution in [0.15, 0.2) is 24.3 Å². The number of rotatable bonds is 3. The number of aromatic nitrogens is 1. The van der Waals surface area contributed by atoms with Gasteiger partial charge in [-0.15, -0.1) is 0 Å². The normalized spacial score (nSPS) is 21.2. The van der Waals surface area contributed by atoms with Crippen LogP contribution in [-0.2, 0) is 0 Å². The molecule has 1 saturated carbocycles. The summed E-state index contributed by atoms with van der Waals surface area (Å²) < 4.78 is 13.2. The van der Waals surface area contributed by atoms with Gasteiger partial charge in [-0.2, -0.15) is 0 Å². The Kier molecular flexibility index (Phi) is 4.07. The van der Waals surface area contributed by atoms with E-state index >= 15 is 0 Å². The van der Waals surface area contributed by atoms with Crippen molar-refractivity contribution in [2.45, 2.75) is 32.2 Å². The first-order chi connectivity index (χ1) is 10.6. The van der Waals surface area contributed by atoms with Crippen molar-refractivity contribution in [1.82, 2.24) is 10.3 Å². The largest absolute Gasteiger partial charge is 0.349 e. The molecule has 1 aliphatic rings. The van der Waals surface area contributed by atoms with Gasteiger partial charge in [0.1, 0.15) is 5.82 Å². The molecule has 1 aliphatic carbocycles. The fraction of sp³-hybridized carbons (Fsp3) is 0.412. The molecule has 1 heterocycles. The van der Waals surface area contributed by atoms with Gasteiger partial charge >= 0.3 is 0 Å². The molecule has 1 amide bonds. The van der Waals surface area contributed by atoms with Crippen LogP contribution in [0.3, 0.4) is 0 Å². The lowest BCUT2D eigenvalue weighted by molar-refractivity contribution is 0.0928. The molecule has 0 saturated heterocycles. The van der Waals surface area contributed by atoms with Crippen LogP contribution in [0.4, 0.5) is 4.39 Å². The average molecular weight is 301 g/mol. The summed E-state index contributed by atoms with van der Waals surface area (Å²) in [5.41, 5.74) is 7.47. The van der Waals surface area contributed by atoms with E-state index in [-0.39, 0.29) is 17.8 Å². The fourth-order valence-corrected chi connectivity index (χ4v) is 3.22. The summed E-state index contributed by atoms with van der Waals surface area (Å²) in [7, 11) is 0. The first-order valence-corrected chi connectivity index (χ1v) is 7.66. The van der Waals surface area contributed by atoms with Gasteiger partial charge in [0.15, 0.2) is 0 Å². The van der Waals surface area contributed by atoms with E-state index in [1.807, 2.05) is 0 Å². The summed E-state index contributed by atoms with van der Waals surface area (Å²) in [5.74, 6) is -0.0957. The fourth-order valence-electron chi connectivity index (χ4n) is 3.22. The Bertz CT molecular complexity index is 716. The van der Waals surface area contributed by atoms with Gasteiger partial charge in [-0.1, -0.05) is 6.42 Å². The van der Waals surface area contributed by atoms with Gasteiger partial charge in [0, 0.05) is 17.5 Å². The van der Waals surface area contributed by atoms with Crippen LogP contribution in [-0.4, -0.2) is 23.5 Å². The Hall–Kier alpha value is -2.01. The highest BCUT2D eigenvalue weighted by molar-refractivity contribution is 5.98. The Morgan fingerprint density at radius 2 is 2.23 bits per heavy atom. The minimum Gasteiger partial charge on any atom is -0.349 e. The van der Waals surface area contributed by atoms with E-state index in [1.54, 1.807) is 19.1 Å². The van der Waals surface area contributed by atoms with Crippen LogP contribution >= 0.6 is 0 Å². The summed E-state index contributed by atoms with van der Waals surface area (Å²) >= 11 is 0. The zero-order valence-electron chi connectivity index (χ0n) is 12.6. The molecule has 1 aromatic carbocycles. The number of nitrogens with zero attached hydrogens (tertiary/aromatic N) is 1. The summed E-state index contributed by atoms with van der Waals surface area (Å²) in [6.07, 6.45) is 3.13. The lowest BCUT2D eigenvalue weighted by Crippen LogP contribution is -2.40. The number of hydrogen-bond acceptors (Lipinski definition) is 3. The first kappa shape index (κ1) is 14.9. The molecule has 0 spiro atoms. The Morgan fingerprint density at radius 3 is 3.00 bits per heavy atom. The highest BCUT2D eigenvalue weighted by Crippen LogP contribution is 2.25. The molecule has 0 bridgehead atoms. The summed E-state index contributed by atoms with van der Waals surface area (Å²) in [4.78, 5) is 16.9. The summed E-state index contributed by atoms with van der Waals surface area (Å²) in [6, 6.07) is 6.32. The number of carbonyl (C=O) groups excluding carboxylic acids is 1. The molecule has 3 rings (SSSR count). The van der Waals surface area contributed by atoms with Crippen molar-refractivity contribution in [3.63, 3.8) is 0 Å². The number of amides is 1. The predicted octanol–water partition coefficient (Wildman–Crippen LogP) is 2.54. The van der Waals surface area contributed by atoms with E-state index in [4.69, 9.17) is 5.73 Å². The van der Waals surface area contributed by atoms with Crippen molar-refractivity contribution in [2.75, 3.05) is 6.54 Å². The molecule has 1 fully saturated rings. The van der Waals surface area contributed by atoms with E-state index in [9.17, 15) is 9.18 Å². The van der Waals surface area contributed by atoms with Crippen LogP contribution in [0, 0.1) is 18.7 Å². The van der Waals surface area contributed by atoms with Gasteiger partial charge in [0.25, 0.3) is 5.91 Å². The highest BCUT2D eigenvalue weighted by atomic mass is 19.1. The summed E-state index contributed by atoms with van der Waals surface area (Å²) in [5, 5.41) is 3.84. The smallest absolute Gasteiger partial charge is 0.253 e. The third-order valence-electron chi connectivity index (χ3n) is 4.49. The Morgan fingerprint density at radius 1 is 1.41 bits per heavy atom. The summed E-state index contributed by atoms with van der Waals surface area (Å²) in [6.45, 7) is 2.37. The highest BCUT2D eigenvalue weighted by Gasteiger charge is 2.28. The van der Waals surface area contributed by atoms with Crippen molar-refractivity contribution in [3.8, 4) is 0 Å². The molecule has 2 atom stereocenters. The molecule has 1 aromatic heterocycles. The van der Waals surface area contributed by atoms with Gasteiger partial charge in [-0.3, -0.25) is 9.78 Å². The zero-order chi connectivity index (χ0) is 15.7. The lowest BCUT2D eigenvalue weighted by atomic mass is 10.0. The Balaban J connectivity index is 1.87. The minimum atomic E-state index is -0.326. The number of nitrogens with two attached hydrogens (primary N) is 1. The van der Waals surface area contributed by atoms with E-state index in [0.29, 0.717) is 29.2 Å². The maximum atomic E-state index is 13.2. The number of hydrogen-bond donors (Lipinski definition) is 2. The number of halogens is 1. The monoisotopic (exact) mass is 301 g/mol. The van der Waals surface area contributed by atoms with E-state index < -0.39 is 0 Å². The van der Waals surface area contributed by atoms with Crippen molar-refractivity contribution in [3.05, 3.63) is 41.3 Å². The van der Waals surface area contributed by atoms with Crippen molar-refractivity contribution in [2.24, 2.45) is 11.7 Å². The number of nitrogens with one attached hydrogen (secondary N) is 1. The molecule has 2 aromatic rings. The minimum absolute atomic E-state index is 0.124. The number of pyridine rings is 1. The lowest BCUT2D eigenvalue weighted by Gasteiger charge is -2.20. The van der Waals surface area contributed by atoms with Gasteiger partial charge in [0.2, 0.25) is 0 Å². The van der Waals surface area contributed by atoms with Crippen molar-refractivity contribution >= 4 is 16.8 Å². The van der Waals surface area contributed by atoms with Crippen LogP contribution in [0.2, 0.25) is 0 Å². The quantitative estimate of drug-likeness (QED) is 0.915. The third kappa shape index (κ3) is 2.81. The average Bonchev–Trinajstić information content (AvgIpc) is 2.93. The zero-order valence-corrected chi connectivity index (χ0v) is 12.6. The second-order valence-electron chi connectivity index (χ2n) is 5.97. The first-order valence-electron chi connectivity index (χ1n) is 7.66. The second-order valence-corrected chi connectivity index (χ2v) is 5.97. The number of fused-ring (bicyclic) bond motifs is 1. The predicted molar refractivity (Wildman–Crippen MR) is 84.1 cm³/mol. The van der Waals surface area contributed by atoms with Crippen LogP contribution < -0.4 is 11.1 Å². The molecular formula is C17H20FN3O. The number of aryl methyl sites for hydroxylation is 1. The Labute approximate surface area is 128 Å². The van der Waals surface area contributed by atoms with Crippen LogP contribution in [0.25, 0.3) is 10.9 Å². The van der Waals surface area contributed by atoms with Gasteiger partial charge < -0.3 is 11.1 Å². The van der Waals surface area contributed by atoms with Crippen molar-refractivity contribution < 1.29 is 9.18 Å². The van der Waals surface area contributed by atoms with Gasteiger partial charge in [0.05, 0.1) is 16.8 Å². The molecule has 2 unspecified atom stereocenters. The molecular weight excluding hydrogens is 281 g/mol. The molecule has 4 nitrogen and oxygen atoms in total. The molecule has 0 aliphatic heterocycles. The number of carbonyl (C=O) groups is 1. The standard InChI is InChI=1S/C17H20FN3O/c1-10-14(7-11-5-6-13(18)8-16(11)20-10)17(22)21-15-4-2-3-12(15)9-19/h5-8,12,15H,2-4,9,19H2,1H3,(H,21,22). The second kappa shape index (κ2) is 6.01. The van der Waals surface area contributed by atoms with E-state index in [1.165, 1.54) is 12.1 Å². The van der Waals surface area contributed by atoms with Crippen LogP contribution in [0.1, 0.15) is 35.3 Å². The molecule has 5 heteroatoms. The van der Waals surface area contributed by atoms with Crippen LogP contribution in [0.5, 0.6) is 0 Å². The van der Waals surface area contributed by atoms with Crippen molar-refractivity contribution in [1.29, 1.82) is 0 Å². The van der Waals surface area contributed by atoms with Gasteiger partial charge in [-0.05, 0) is 50.4 Å². The maximum Gasteiger partial charge on any atom is 0.253 e. The molecule has 0 radical (unpaired) electrons. The molecule has 116 valence electrons. The topological polar surface area (TPSA) is 68.0 Å². The SMILES string of the molecule is Cc1nc2cc(F)ccc2cc1C(=O)NC1CCCC1CN. The molecule has 22 heavy (non-hydrogen) atoms. The number of benzene rings is 1. The van der Waals surface area contributed by atoms with Gasteiger partial charge in [-0.25, -0.2) is 4.39 Å².